The minimum Gasteiger partial charge on any atom is -0.382 e. The summed E-state index contributed by atoms with van der Waals surface area (Å²) < 4.78 is 15.7. The van der Waals surface area contributed by atoms with Gasteiger partial charge in [-0.05, 0) is 31.6 Å². The lowest BCUT2D eigenvalue weighted by atomic mass is 9.84. The molecule has 0 amide bonds. The summed E-state index contributed by atoms with van der Waals surface area (Å²) in [5.74, 6) is 0.682. The van der Waals surface area contributed by atoms with Crippen LogP contribution in [-0.2, 0) is 14.2 Å². The van der Waals surface area contributed by atoms with Crippen LogP contribution in [0.15, 0.2) is 0 Å². The van der Waals surface area contributed by atoms with Gasteiger partial charge in [0.05, 0.1) is 37.9 Å². The standard InChI is InChI=1S/C14H25NO3/c1-13-3-4-14(11-13,12-15)5-6-17-9-10-18-8-7-16-2/h13H,3-11H2,1-2H3. The Hall–Kier alpha value is -0.630. The molecule has 1 aliphatic carbocycles. The Morgan fingerprint density at radius 3 is 2.39 bits per heavy atom. The van der Waals surface area contributed by atoms with E-state index in [2.05, 4.69) is 13.0 Å². The number of ether oxygens (including phenoxy) is 3. The van der Waals surface area contributed by atoms with Crippen LogP contribution >= 0.6 is 0 Å². The summed E-state index contributed by atoms with van der Waals surface area (Å²) in [7, 11) is 1.66. The van der Waals surface area contributed by atoms with Crippen LogP contribution in [-0.4, -0.2) is 40.1 Å². The van der Waals surface area contributed by atoms with Gasteiger partial charge < -0.3 is 14.2 Å². The lowest BCUT2D eigenvalue weighted by Gasteiger charge is -2.20. The first-order valence-corrected chi connectivity index (χ1v) is 6.78. The maximum absolute atomic E-state index is 9.29. The van der Waals surface area contributed by atoms with E-state index in [1.54, 1.807) is 7.11 Å². The summed E-state index contributed by atoms with van der Waals surface area (Å²) in [6.45, 7) is 5.31. The molecule has 2 unspecified atom stereocenters. The molecule has 0 radical (unpaired) electrons. The van der Waals surface area contributed by atoms with Gasteiger partial charge in [-0.2, -0.15) is 5.26 Å². The summed E-state index contributed by atoms with van der Waals surface area (Å²) in [6, 6.07) is 2.50. The highest BCUT2D eigenvalue weighted by atomic mass is 16.5. The van der Waals surface area contributed by atoms with Gasteiger partial charge in [0, 0.05) is 13.7 Å². The molecule has 0 aromatic heterocycles. The van der Waals surface area contributed by atoms with Crippen LogP contribution in [0.25, 0.3) is 0 Å². The van der Waals surface area contributed by atoms with E-state index in [4.69, 9.17) is 14.2 Å². The van der Waals surface area contributed by atoms with Gasteiger partial charge in [-0.3, -0.25) is 0 Å². The Labute approximate surface area is 110 Å². The van der Waals surface area contributed by atoms with E-state index in [-0.39, 0.29) is 5.41 Å². The topological polar surface area (TPSA) is 51.5 Å². The molecule has 1 aliphatic rings. The summed E-state index contributed by atoms with van der Waals surface area (Å²) in [6.07, 6.45) is 4.08. The van der Waals surface area contributed by atoms with E-state index in [0.717, 1.165) is 19.3 Å². The lowest BCUT2D eigenvalue weighted by Crippen LogP contribution is -2.18. The summed E-state index contributed by atoms with van der Waals surface area (Å²) >= 11 is 0. The second kappa shape index (κ2) is 8.47. The fourth-order valence-corrected chi connectivity index (χ4v) is 2.51. The summed E-state index contributed by atoms with van der Waals surface area (Å²) in [4.78, 5) is 0. The van der Waals surface area contributed by atoms with Gasteiger partial charge in [0.25, 0.3) is 0 Å². The van der Waals surface area contributed by atoms with Crippen molar-refractivity contribution in [2.75, 3.05) is 40.1 Å². The van der Waals surface area contributed by atoms with E-state index in [0.29, 0.717) is 39.0 Å². The SMILES string of the molecule is COCCOCCOCCC1(C#N)CCC(C)C1. The highest BCUT2D eigenvalue weighted by molar-refractivity contribution is 5.03. The van der Waals surface area contributed by atoms with Crippen molar-refractivity contribution in [3.63, 3.8) is 0 Å². The molecule has 0 heterocycles. The number of methoxy groups -OCH3 is 1. The average molecular weight is 255 g/mol. The molecule has 4 nitrogen and oxygen atoms in total. The average Bonchev–Trinajstić information content (AvgIpc) is 2.75. The molecule has 1 fully saturated rings. The molecule has 18 heavy (non-hydrogen) atoms. The largest absolute Gasteiger partial charge is 0.382 e. The Bertz CT molecular complexity index is 264. The molecule has 0 saturated heterocycles. The quantitative estimate of drug-likeness (QED) is 0.594. The first kappa shape index (κ1) is 15.4. The monoisotopic (exact) mass is 255 g/mol. The Morgan fingerprint density at radius 1 is 1.17 bits per heavy atom. The number of nitrogens with zero attached hydrogens (tertiary/aromatic N) is 1. The first-order chi connectivity index (χ1) is 8.72. The summed E-state index contributed by atoms with van der Waals surface area (Å²) in [5.41, 5.74) is -0.129. The fourth-order valence-electron chi connectivity index (χ4n) is 2.51. The predicted octanol–water partition coefficient (Wildman–Crippen LogP) is 2.39. The van der Waals surface area contributed by atoms with Gasteiger partial charge in [0.2, 0.25) is 0 Å². The van der Waals surface area contributed by atoms with E-state index in [9.17, 15) is 5.26 Å². The summed E-state index contributed by atoms with van der Waals surface area (Å²) in [5, 5.41) is 9.29. The third-order valence-electron chi connectivity index (χ3n) is 3.62. The maximum atomic E-state index is 9.29. The van der Waals surface area contributed by atoms with Gasteiger partial charge in [-0.15, -0.1) is 0 Å². The zero-order chi connectivity index (χ0) is 13.3. The van der Waals surface area contributed by atoms with E-state index < -0.39 is 0 Å². The van der Waals surface area contributed by atoms with Crippen molar-refractivity contribution >= 4 is 0 Å². The molecule has 0 aromatic carbocycles. The van der Waals surface area contributed by atoms with Crippen molar-refractivity contribution in [3.05, 3.63) is 0 Å². The van der Waals surface area contributed by atoms with Crippen LogP contribution in [0.2, 0.25) is 0 Å². The second-order valence-corrected chi connectivity index (χ2v) is 5.21. The maximum Gasteiger partial charge on any atom is 0.0701 e. The number of hydrogen-bond donors (Lipinski definition) is 0. The van der Waals surface area contributed by atoms with Crippen molar-refractivity contribution in [2.45, 2.75) is 32.6 Å². The van der Waals surface area contributed by atoms with Crippen molar-refractivity contribution in [1.29, 1.82) is 5.26 Å². The zero-order valence-corrected chi connectivity index (χ0v) is 11.6. The van der Waals surface area contributed by atoms with Crippen LogP contribution in [0.5, 0.6) is 0 Å². The molecule has 1 saturated carbocycles. The Kier molecular flexibility index (Phi) is 7.26. The third-order valence-corrected chi connectivity index (χ3v) is 3.62. The van der Waals surface area contributed by atoms with Crippen molar-refractivity contribution in [2.24, 2.45) is 11.3 Å². The van der Waals surface area contributed by atoms with Crippen LogP contribution in [0.3, 0.4) is 0 Å². The van der Waals surface area contributed by atoms with Crippen molar-refractivity contribution in [3.8, 4) is 6.07 Å². The molecule has 0 bridgehead atoms. The molecule has 104 valence electrons. The van der Waals surface area contributed by atoms with Gasteiger partial charge in [0.15, 0.2) is 0 Å². The predicted molar refractivity (Wildman–Crippen MR) is 69.2 cm³/mol. The number of rotatable bonds is 9. The molecule has 2 atom stereocenters. The van der Waals surface area contributed by atoms with E-state index in [1.807, 2.05) is 0 Å². The highest BCUT2D eigenvalue weighted by Crippen LogP contribution is 2.43. The first-order valence-electron chi connectivity index (χ1n) is 6.78. The zero-order valence-electron chi connectivity index (χ0n) is 11.6. The minimum atomic E-state index is -0.129. The fraction of sp³-hybridized carbons (Fsp3) is 0.929. The normalized spacial score (nSPS) is 27.3. The van der Waals surface area contributed by atoms with Gasteiger partial charge >= 0.3 is 0 Å². The minimum absolute atomic E-state index is 0.129. The molecular formula is C14H25NO3. The number of nitriles is 1. The van der Waals surface area contributed by atoms with E-state index in [1.165, 1.54) is 6.42 Å². The van der Waals surface area contributed by atoms with Crippen LogP contribution in [0.4, 0.5) is 0 Å². The Balaban J connectivity index is 2.02. The molecule has 0 aliphatic heterocycles. The Morgan fingerprint density at radius 2 is 1.83 bits per heavy atom. The van der Waals surface area contributed by atoms with Crippen LogP contribution in [0.1, 0.15) is 32.6 Å². The van der Waals surface area contributed by atoms with Gasteiger partial charge in [-0.1, -0.05) is 6.92 Å². The van der Waals surface area contributed by atoms with Crippen molar-refractivity contribution in [1.82, 2.24) is 0 Å². The van der Waals surface area contributed by atoms with Crippen LogP contribution < -0.4 is 0 Å². The third kappa shape index (κ3) is 5.34. The highest BCUT2D eigenvalue weighted by Gasteiger charge is 2.37. The molecule has 0 spiro atoms. The molecule has 0 N–H and O–H groups in total. The smallest absolute Gasteiger partial charge is 0.0701 e. The molecule has 1 rings (SSSR count). The van der Waals surface area contributed by atoms with E-state index >= 15 is 0 Å². The van der Waals surface area contributed by atoms with Gasteiger partial charge in [-0.25, -0.2) is 0 Å². The van der Waals surface area contributed by atoms with Crippen LogP contribution in [0, 0.1) is 22.7 Å². The lowest BCUT2D eigenvalue weighted by molar-refractivity contribution is 0.0195. The molecule has 0 aromatic rings. The molecular weight excluding hydrogens is 230 g/mol. The molecule has 4 heteroatoms. The number of hydrogen-bond acceptors (Lipinski definition) is 4. The second-order valence-electron chi connectivity index (χ2n) is 5.21. The van der Waals surface area contributed by atoms with Crippen molar-refractivity contribution < 1.29 is 14.2 Å². The van der Waals surface area contributed by atoms with Gasteiger partial charge in [0.1, 0.15) is 0 Å².